The smallest absolute Gasteiger partial charge is 0.0443 e. The summed E-state index contributed by atoms with van der Waals surface area (Å²) >= 11 is 0. The maximum absolute atomic E-state index is 2.49. The van der Waals surface area contributed by atoms with Crippen molar-refractivity contribution < 1.29 is 0 Å². The van der Waals surface area contributed by atoms with Crippen molar-refractivity contribution in [2.75, 3.05) is 0 Å². The summed E-state index contributed by atoms with van der Waals surface area (Å²) in [6, 6.07) is 0. The number of rotatable bonds is 32. The van der Waals surface area contributed by atoms with Crippen LogP contribution in [0, 0.1) is 5.92 Å². The Labute approximate surface area is 232 Å². The summed E-state index contributed by atoms with van der Waals surface area (Å²) in [7, 11) is 0. The van der Waals surface area contributed by atoms with Gasteiger partial charge in [-0.1, -0.05) is 226 Å². The van der Waals surface area contributed by atoms with Crippen molar-refractivity contribution in [2.45, 2.75) is 226 Å². The van der Waals surface area contributed by atoms with Crippen LogP contribution in [0.15, 0.2) is 0 Å². The van der Waals surface area contributed by atoms with E-state index in [9.17, 15) is 0 Å². The number of hydrogen-bond donors (Lipinski definition) is 0. The van der Waals surface area contributed by atoms with Gasteiger partial charge in [0.25, 0.3) is 0 Å². The lowest BCUT2D eigenvalue weighted by Crippen LogP contribution is -1.95. The molecule has 0 aromatic rings. The topological polar surface area (TPSA) is 0 Å². The number of unbranched alkanes of at least 4 members (excludes halogenated alkanes) is 28. The number of hydrogen-bond acceptors (Lipinski definition) is 0. The van der Waals surface area contributed by atoms with Gasteiger partial charge in [-0.2, -0.15) is 0 Å². The Bertz CT molecular complexity index is 359. The SMILES string of the molecule is CCCCCCCCCCCCCCCCCCCCCCCCCCC(C)CCCCCCCC. The Morgan fingerprint density at radius 2 is 0.417 bits per heavy atom. The first kappa shape index (κ1) is 36.0. The highest BCUT2D eigenvalue weighted by molar-refractivity contribution is 4.56. The molecule has 0 saturated heterocycles. The molecule has 0 spiro atoms. The van der Waals surface area contributed by atoms with Gasteiger partial charge in [0.05, 0.1) is 0 Å². The van der Waals surface area contributed by atoms with Gasteiger partial charge in [-0.05, 0) is 5.92 Å². The van der Waals surface area contributed by atoms with Crippen LogP contribution in [0.2, 0.25) is 0 Å². The molecule has 0 fully saturated rings. The van der Waals surface area contributed by atoms with Gasteiger partial charge in [-0.25, -0.2) is 0 Å². The third kappa shape index (κ3) is 32.0. The second-order valence-corrected chi connectivity index (χ2v) is 12.6. The molecule has 0 N–H and O–H groups in total. The quantitative estimate of drug-likeness (QED) is 0.0795. The van der Waals surface area contributed by atoms with Gasteiger partial charge in [0.15, 0.2) is 0 Å². The van der Waals surface area contributed by atoms with Gasteiger partial charge in [0.1, 0.15) is 0 Å². The molecule has 0 aliphatic carbocycles. The molecule has 0 bridgehead atoms. The fourth-order valence-corrected chi connectivity index (χ4v) is 5.87. The monoisotopic (exact) mass is 507 g/mol. The predicted molar refractivity (Wildman–Crippen MR) is 168 cm³/mol. The van der Waals surface area contributed by atoms with E-state index in [-0.39, 0.29) is 0 Å². The van der Waals surface area contributed by atoms with Crippen LogP contribution in [-0.4, -0.2) is 0 Å². The van der Waals surface area contributed by atoms with Crippen molar-refractivity contribution in [3.8, 4) is 0 Å². The van der Waals surface area contributed by atoms with E-state index in [4.69, 9.17) is 0 Å². The molecule has 0 heterocycles. The molecule has 1 unspecified atom stereocenters. The summed E-state index contributed by atoms with van der Waals surface area (Å²) in [6.07, 6.45) is 47.3. The molecule has 0 aliphatic rings. The highest BCUT2D eigenvalue weighted by Crippen LogP contribution is 2.19. The molecule has 0 rings (SSSR count). The molecular weight excluding hydrogens is 432 g/mol. The first-order valence-electron chi connectivity index (χ1n) is 17.8. The molecule has 0 saturated carbocycles. The van der Waals surface area contributed by atoms with Crippen molar-refractivity contribution in [3.63, 3.8) is 0 Å². The van der Waals surface area contributed by atoms with Crippen LogP contribution in [0.1, 0.15) is 226 Å². The van der Waals surface area contributed by atoms with Crippen molar-refractivity contribution in [2.24, 2.45) is 5.92 Å². The Kier molecular flexibility index (Phi) is 33.0. The van der Waals surface area contributed by atoms with Crippen molar-refractivity contribution >= 4 is 0 Å². The van der Waals surface area contributed by atoms with Gasteiger partial charge >= 0.3 is 0 Å². The minimum Gasteiger partial charge on any atom is -0.0654 e. The normalized spacial score (nSPS) is 12.4. The summed E-state index contributed by atoms with van der Waals surface area (Å²) < 4.78 is 0. The van der Waals surface area contributed by atoms with Crippen molar-refractivity contribution in [3.05, 3.63) is 0 Å². The van der Waals surface area contributed by atoms with Crippen LogP contribution < -0.4 is 0 Å². The Hall–Kier alpha value is 0. The molecule has 0 radical (unpaired) electrons. The summed E-state index contributed by atoms with van der Waals surface area (Å²) in [4.78, 5) is 0. The van der Waals surface area contributed by atoms with Gasteiger partial charge in [0.2, 0.25) is 0 Å². The molecule has 1 atom stereocenters. The highest BCUT2D eigenvalue weighted by atomic mass is 14.1. The van der Waals surface area contributed by atoms with E-state index in [1.807, 2.05) is 0 Å². The van der Waals surface area contributed by atoms with Crippen molar-refractivity contribution in [1.29, 1.82) is 0 Å². The first-order chi connectivity index (χ1) is 17.8. The van der Waals surface area contributed by atoms with Crippen LogP contribution in [0.3, 0.4) is 0 Å². The third-order valence-electron chi connectivity index (χ3n) is 8.60. The Morgan fingerprint density at radius 3 is 0.611 bits per heavy atom. The molecule has 0 heteroatoms. The average molecular weight is 507 g/mol. The Morgan fingerprint density at radius 1 is 0.250 bits per heavy atom. The van der Waals surface area contributed by atoms with E-state index in [0.717, 1.165) is 5.92 Å². The van der Waals surface area contributed by atoms with E-state index < -0.39 is 0 Å². The first-order valence-corrected chi connectivity index (χ1v) is 17.8. The standard InChI is InChI=1S/C36H74/c1-4-6-8-10-12-13-14-15-16-17-18-19-20-21-22-23-24-25-26-27-28-29-31-33-35-36(3)34-32-30-11-9-7-5-2/h36H,4-35H2,1-3H3. The van der Waals surface area contributed by atoms with Gasteiger partial charge in [-0.3, -0.25) is 0 Å². The maximum Gasteiger partial charge on any atom is -0.0443 e. The fourth-order valence-electron chi connectivity index (χ4n) is 5.87. The molecule has 36 heavy (non-hydrogen) atoms. The lowest BCUT2D eigenvalue weighted by atomic mass is 9.96. The molecule has 0 aromatic carbocycles. The van der Waals surface area contributed by atoms with Gasteiger partial charge in [-0.15, -0.1) is 0 Å². The van der Waals surface area contributed by atoms with Crippen LogP contribution in [0.4, 0.5) is 0 Å². The molecule has 0 nitrogen and oxygen atoms in total. The average Bonchev–Trinajstić information content (AvgIpc) is 2.88. The highest BCUT2D eigenvalue weighted by Gasteiger charge is 2.02. The van der Waals surface area contributed by atoms with E-state index in [2.05, 4.69) is 20.8 Å². The maximum atomic E-state index is 2.49. The molecule has 0 aromatic heterocycles. The van der Waals surface area contributed by atoms with E-state index in [1.54, 1.807) is 0 Å². The minimum absolute atomic E-state index is 0.968. The zero-order valence-electron chi connectivity index (χ0n) is 26.2. The van der Waals surface area contributed by atoms with Gasteiger partial charge < -0.3 is 0 Å². The molecule has 218 valence electrons. The van der Waals surface area contributed by atoms with Crippen LogP contribution in [-0.2, 0) is 0 Å². The summed E-state index contributed by atoms with van der Waals surface area (Å²) in [5.41, 5.74) is 0. The van der Waals surface area contributed by atoms with Crippen LogP contribution in [0.5, 0.6) is 0 Å². The van der Waals surface area contributed by atoms with E-state index in [0.29, 0.717) is 0 Å². The largest absolute Gasteiger partial charge is 0.0654 e. The molecule has 0 amide bonds. The molecular formula is C36H74. The van der Waals surface area contributed by atoms with Crippen LogP contribution in [0.25, 0.3) is 0 Å². The zero-order chi connectivity index (χ0) is 26.2. The second-order valence-electron chi connectivity index (χ2n) is 12.6. The second kappa shape index (κ2) is 33.0. The lowest BCUT2D eigenvalue weighted by Gasteiger charge is -2.11. The van der Waals surface area contributed by atoms with E-state index in [1.165, 1.54) is 205 Å². The predicted octanol–water partition coefficient (Wildman–Crippen LogP) is 14.1. The zero-order valence-corrected chi connectivity index (χ0v) is 26.2. The minimum atomic E-state index is 0.968. The fraction of sp³-hybridized carbons (Fsp3) is 1.00. The lowest BCUT2D eigenvalue weighted by molar-refractivity contribution is 0.430. The summed E-state index contributed by atoms with van der Waals surface area (Å²) in [5.74, 6) is 0.968. The summed E-state index contributed by atoms with van der Waals surface area (Å²) in [6.45, 7) is 7.11. The summed E-state index contributed by atoms with van der Waals surface area (Å²) in [5, 5.41) is 0. The Balaban J connectivity index is 3.08. The molecule has 0 aliphatic heterocycles. The van der Waals surface area contributed by atoms with E-state index >= 15 is 0 Å². The third-order valence-corrected chi connectivity index (χ3v) is 8.60. The van der Waals surface area contributed by atoms with Crippen LogP contribution >= 0.6 is 0 Å². The van der Waals surface area contributed by atoms with Crippen molar-refractivity contribution in [1.82, 2.24) is 0 Å². The van der Waals surface area contributed by atoms with Gasteiger partial charge in [0, 0.05) is 0 Å².